The number of carbonyl (C=O) groups excluding carboxylic acids is 1. The lowest BCUT2D eigenvalue weighted by atomic mass is 9.97. The molecule has 0 saturated heterocycles. The Hall–Kier alpha value is -3.80. The van der Waals surface area contributed by atoms with Gasteiger partial charge < -0.3 is 10.6 Å². The van der Waals surface area contributed by atoms with E-state index in [4.69, 9.17) is 4.98 Å². The highest BCUT2D eigenvalue weighted by molar-refractivity contribution is 5.96. The van der Waals surface area contributed by atoms with E-state index in [1.807, 2.05) is 72.8 Å². The minimum Gasteiger partial charge on any atom is -0.332 e. The normalized spacial score (nSPS) is 11.3. The Morgan fingerprint density at radius 2 is 1.56 bits per heavy atom. The molecule has 0 radical (unpaired) electrons. The SMILES string of the molecule is CCC(F)(F)CNC(=O)Nc1ccc2nc(-c3ccccc3)c(-c3ccccc3)cc2c1. The van der Waals surface area contributed by atoms with Crippen LogP contribution in [0.3, 0.4) is 0 Å². The monoisotopic (exact) mass is 431 g/mol. The Morgan fingerprint density at radius 3 is 2.22 bits per heavy atom. The number of hydrogen-bond donors (Lipinski definition) is 2. The van der Waals surface area contributed by atoms with E-state index in [0.29, 0.717) is 5.69 Å². The number of pyridine rings is 1. The van der Waals surface area contributed by atoms with E-state index in [1.165, 1.54) is 6.92 Å². The minimum atomic E-state index is -2.93. The number of nitrogens with zero attached hydrogens (tertiary/aromatic N) is 1. The first-order chi connectivity index (χ1) is 15.4. The maximum atomic E-state index is 13.4. The fourth-order valence-electron chi connectivity index (χ4n) is 3.42. The molecule has 6 heteroatoms. The van der Waals surface area contributed by atoms with Crippen molar-refractivity contribution in [1.29, 1.82) is 0 Å². The second-order valence-electron chi connectivity index (χ2n) is 7.54. The van der Waals surface area contributed by atoms with Crippen LogP contribution in [0.25, 0.3) is 33.3 Å². The molecule has 2 N–H and O–H groups in total. The zero-order valence-electron chi connectivity index (χ0n) is 17.6. The summed E-state index contributed by atoms with van der Waals surface area (Å²) in [6, 6.07) is 26.6. The van der Waals surface area contributed by atoms with Gasteiger partial charge in [-0.3, -0.25) is 0 Å². The van der Waals surface area contributed by atoms with Crippen LogP contribution in [-0.2, 0) is 0 Å². The van der Waals surface area contributed by atoms with Crippen LogP contribution in [0.1, 0.15) is 13.3 Å². The summed E-state index contributed by atoms with van der Waals surface area (Å²) in [7, 11) is 0. The molecule has 3 aromatic carbocycles. The molecule has 4 nitrogen and oxygen atoms in total. The molecule has 4 rings (SSSR count). The van der Waals surface area contributed by atoms with Crippen molar-refractivity contribution in [2.45, 2.75) is 19.3 Å². The topological polar surface area (TPSA) is 54.0 Å². The van der Waals surface area contributed by atoms with Crippen molar-refractivity contribution in [2.75, 3.05) is 11.9 Å². The van der Waals surface area contributed by atoms with Crippen molar-refractivity contribution in [3.63, 3.8) is 0 Å². The summed E-state index contributed by atoms with van der Waals surface area (Å²) in [5, 5.41) is 5.68. The minimum absolute atomic E-state index is 0.332. The van der Waals surface area contributed by atoms with Gasteiger partial charge in [-0.25, -0.2) is 18.6 Å². The summed E-state index contributed by atoms with van der Waals surface area (Å²) in [5.41, 5.74) is 5.14. The number of alkyl halides is 2. The Labute approximate surface area is 185 Å². The lowest BCUT2D eigenvalue weighted by Gasteiger charge is -2.15. The van der Waals surface area contributed by atoms with Crippen molar-refractivity contribution in [1.82, 2.24) is 10.3 Å². The third-order valence-corrected chi connectivity index (χ3v) is 5.23. The van der Waals surface area contributed by atoms with Crippen LogP contribution in [0.2, 0.25) is 0 Å². The molecular formula is C26H23F2N3O. The molecule has 0 unspecified atom stereocenters. The number of amides is 2. The smallest absolute Gasteiger partial charge is 0.319 e. The first kappa shape index (κ1) is 21.4. The van der Waals surface area contributed by atoms with Crippen LogP contribution in [0.15, 0.2) is 84.9 Å². The number of fused-ring (bicyclic) bond motifs is 1. The van der Waals surface area contributed by atoms with E-state index in [0.717, 1.165) is 33.3 Å². The fourth-order valence-corrected chi connectivity index (χ4v) is 3.42. The predicted octanol–water partition coefficient (Wildman–Crippen LogP) is 6.74. The number of anilines is 1. The second kappa shape index (κ2) is 9.14. The molecule has 0 fully saturated rings. The van der Waals surface area contributed by atoms with E-state index in [2.05, 4.69) is 10.6 Å². The van der Waals surface area contributed by atoms with Gasteiger partial charge >= 0.3 is 6.03 Å². The summed E-state index contributed by atoms with van der Waals surface area (Å²) in [5.74, 6) is -2.93. The molecule has 1 heterocycles. The van der Waals surface area contributed by atoms with Gasteiger partial charge in [0.05, 0.1) is 17.8 Å². The van der Waals surface area contributed by atoms with Gasteiger partial charge in [0, 0.05) is 28.6 Å². The van der Waals surface area contributed by atoms with Crippen LogP contribution < -0.4 is 10.6 Å². The maximum Gasteiger partial charge on any atom is 0.319 e. The molecule has 0 aliphatic heterocycles. The average molecular weight is 431 g/mol. The van der Waals surface area contributed by atoms with Crippen molar-refractivity contribution in [3.05, 3.63) is 84.9 Å². The number of aromatic nitrogens is 1. The highest BCUT2D eigenvalue weighted by Gasteiger charge is 2.26. The molecule has 0 atom stereocenters. The zero-order chi connectivity index (χ0) is 22.6. The van der Waals surface area contributed by atoms with E-state index in [-0.39, 0.29) is 6.42 Å². The molecule has 1 aromatic heterocycles. The number of nitrogens with one attached hydrogen (secondary N) is 2. The van der Waals surface area contributed by atoms with E-state index >= 15 is 0 Å². The van der Waals surface area contributed by atoms with Crippen molar-refractivity contribution < 1.29 is 13.6 Å². The Morgan fingerprint density at radius 1 is 0.906 bits per heavy atom. The third kappa shape index (κ3) is 4.91. The standard InChI is InChI=1S/C26H23F2N3O/c1-2-26(27,28)17-29-25(32)30-21-13-14-23-20(15-21)16-22(18-9-5-3-6-10-18)24(31-23)19-11-7-4-8-12-19/h3-16H,2,17H2,1H3,(H2,29,30,32). The number of hydrogen-bond acceptors (Lipinski definition) is 2. The maximum absolute atomic E-state index is 13.4. The number of carbonyl (C=O) groups is 1. The Balaban J connectivity index is 1.69. The largest absolute Gasteiger partial charge is 0.332 e. The van der Waals surface area contributed by atoms with Gasteiger partial charge in [0.25, 0.3) is 5.92 Å². The van der Waals surface area contributed by atoms with Crippen LogP contribution >= 0.6 is 0 Å². The van der Waals surface area contributed by atoms with Crippen LogP contribution in [-0.4, -0.2) is 23.5 Å². The van der Waals surface area contributed by atoms with Gasteiger partial charge in [0.15, 0.2) is 0 Å². The van der Waals surface area contributed by atoms with Crippen LogP contribution in [0, 0.1) is 0 Å². The van der Waals surface area contributed by atoms with E-state index in [1.54, 1.807) is 12.1 Å². The summed E-state index contributed by atoms with van der Waals surface area (Å²) < 4.78 is 26.8. The number of urea groups is 1. The summed E-state index contributed by atoms with van der Waals surface area (Å²) >= 11 is 0. The van der Waals surface area contributed by atoms with Gasteiger partial charge in [0.2, 0.25) is 0 Å². The number of benzene rings is 3. The lowest BCUT2D eigenvalue weighted by molar-refractivity contribution is 0.00133. The highest BCUT2D eigenvalue weighted by atomic mass is 19.3. The molecule has 2 amide bonds. The second-order valence-corrected chi connectivity index (χ2v) is 7.54. The highest BCUT2D eigenvalue weighted by Crippen LogP contribution is 2.34. The molecule has 0 bridgehead atoms. The first-order valence-electron chi connectivity index (χ1n) is 10.4. The number of rotatable bonds is 6. The quantitative estimate of drug-likeness (QED) is 0.355. The molecule has 0 aliphatic carbocycles. The van der Waals surface area contributed by atoms with Gasteiger partial charge in [-0.05, 0) is 29.8 Å². The summed E-state index contributed by atoms with van der Waals surface area (Å²) in [6.45, 7) is 0.674. The van der Waals surface area contributed by atoms with Gasteiger partial charge in [-0.1, -0.05) is 67.6 Å². The molecule has 162 valence electrons. The zero-order valence-corrected chi connectivity index (χ0v) is 17.6. The Kier molecular flexibility index (Phi) is 6.12. The molecule has 0 aliphatic rings. The predicted molar refractivity (Wildman–Crippen MR) is 125 cm³/mol. The van der Waals surface area contributed by atoms with E-state index in [9.17, 15) is 13.6 Å². The van der Waals surface area contributed by atoms with Crippen LogP contribution in [0.5, 0.6) is 0 Å². The molecule has 0 saturated carbocycles. The Bertz CT molecular complexity index is 1230. The van der Waals surface area contributed by atoms with Gasteiger partial charge in [0.1, 0.15) is 0 Å². The lowest BCUT2D eigenvalue weighted by Crippen LogP contribution is -2.38. The van der Waals surface area contributed by atoms with Crippen molar-refractivity contribution in [2.24, 2.45) is 0 Å². The molecule has 0 spiro atoms. The van der Waals surface area contributed by atoms with Crippen molar-refractivity contribution >= 4 is 22.6 Å². The average Bonchev–Trinajstić information content (AvgIpc) is 2.83. The van der Waals surface area contributed by atoms with Gasteiger partial charge in [-0.2, -0.15) is 0 Å². The van der Waals surface area contributed by atoms with E-state index < -0.39 is 18.5 Å². The number of halogens is 2. The van der Waals surface area contributed by atoms with Crippen LogP contribution in [0.4, 0.5) is 19.3 Å². The molecule has 32 heavy (non-hydrogen) atoms. The molecular weight excluding hydrogens is 408 g/mol. The van der Waals surface area contributed by atoms with Crippen molar-refractivity contribution in [3.8, 4) is 22.4 Å². The fraction of sp³-hybridized carbons (Fsp3) is 0.154. The molecule has 4 aromatic rings. The van der Waals surface area contributed by atoms with Gasteiger partial charge in [-0.15, -0.1) is 0 Å². The summed E-state index contributed by atoms with van der Waals surface area (Å²) in [6.07, 6.45) is -0.332. The third-order valence-electron chi connectivity index (χ3n) is 5.23. The summed E-state index contributed by atoms with van der Waals surface area (Å²) in [4.78, 5) is 17.0. The first-order valence-corrected chi connectivity index (χ1v) is 10.4.